The first-order valence-electron chi connectivity index (χ1n) is 13.9. The van der Waals surface area contributed by atoms with Crippen LogP contribution < -0.4 is 5.32 Å². The van der Waals surface area contributed by atoms with Crippen LogP contribution in [0.4, 0.5) is 20.8 Å². The zero-order valence-electron chi connectivity index (χ0n) is 25.9. The van der Waals surface area contributed by atoms with Crippen LogP contribution in [0.1, 0.15) is 93.5 Å². The van der Waals surface area contributed by atoms with Crippen LogP contribution in [0.2, 0.25) is 0 Å². The molecule has 0 spiro atoms. The largest absolute Gasteiger partial charge is 0.460 e. The first kappa shape index (κ1) is 31.4. The molecule has 222 valence electrons. The molecule has 2 atom stereocenters. The van der Waals surface area contributed by atoms with Gasteiger partial charge >= 0.3 is 12.1 Å². The van der Waals surface area contributed by atoms with Crippen LogP contribution in [-0.4, -0.2) is 55.5 Å². The van der Waals surface area contributed by atoms with Crippen LogP contribution in [-0.2, 0) is 26.2 Å². The monoisotopic (exact) mass is 559 g/mol. The number of nitrogens with zero attached hydrogens (tertiary/aromatic N) is 4. The Bertz CT molecular complexity index is 1240. The number of ether oxygens (including phenoxy) is 2. The van der Waals surface area contributed by atoms with E-state index in [1.807, 2.05) is 82.2 Å². The molecular weight excluding hydrogens is 513 g/mol. The number of esters is 1. The van der Waals surface area contributed by atoms with E-state index < -0.39 is 28.5 Å². The number of rotatable bonds is 5. The normalized spacial score (nSPS) is 20.3. The molecule has 10 heteroatoms. The number of pyridine rings is 1. The number of anilines is 2. The molecular formula is C30H46FN5O4. The van der Waals surface area contributed by atoms with E-state index >= 15 is 0 Å². The zero-order valence-corrected chi connectivity index (χ0v) is 25.9. The van der Waals surface area contributed by atoms with Gasteiger partial charge in [-0.05, 0) is 101 Å². The summed E-state index contributed by atoms with van der Waals surface area (Å²) in [6, 6.07) is 4.52. The number of carbonyl (C=O) groups excluding carboxylic acids is 2. The number of amides is 1. The fourth-order valence-electron chi connectivity index (χ4n) is 4.97. The Labute approximate surface area is 237 Å². The van der Waals surface area contributed by atoms with Crippen molar-refractivity contribution in [1.29, 1.82) is 0 Å². The van der Waals surface area contributed by atoms with Crippen LogP contribution in [0.5, 0.6) is 0 Å². The second kappa shape index (κ2) is 11.0. The van der Waals surface area contributed by atoms with Gasteiger partial charge in [-0.15, -0.1) is 0 Å². The Morgan fingerprint density at radius 3 is 2.25 bits per heavy atom. The maximum absolute atomic E-state index is 15.0. The molecule has 2 aromatic heterocycles. The summed E-state index contributed by atoms with van der Waals surface area (Å²) in [5.41, 5.74) is -1.25. The highest BCUT2D eigenvalue weighted by atomic mass is 19.1. The molecule has 0 saturated carbocycles. The predicted octanol–water partition coefficient (Wildman–Crippen LogP) is 6.51. The second-order valence-electron chi connectivity index (χ2n) is 13.9. The summed E-state index contributed by atoms with van der Waals surface area (Å²) in [6.07, 6.45) is 0.554. The average molecular weight is 560 g/mol. The van der Waals surface area contributed by atoms with Gasteiger partial charge in [0.15, 0.2) is 11.6 Å². The van der Waals surface area contributed by atoms with Crippen molar-refractivity contribution in [2.75, 3.05) is 11.9 Å². The molecule has 1 amide bonds. The standard InChI is InChI=1S/C30H46FN5O4/c1-19-16-23(36(34-19)27(3,4)5)33-24-22(31)13-12-21(32-24)18-30(25(37)39-28(6,7)8)14-15-35(20(2)17-30)26(38)40-29(9,10)11/h12-13,16,20H,14-15,17-18H2,1-11H3,(H,32,33)/t20-,30-/m1/s1. The lowest BCUT2D eigenvalue weighted by molar-refractivity contribution is -0.172. The van der Waals surface area contributed by atoms with Gasteiger partial charge in [0.1, 0.15) is 17.0 Å². The van der Waals surface area contributed by atoms with Crippen LogP contribution in [0.3, 0.4) is 0 Å². The molecule has 3 rings (SSSR count). The number of carbonyl (C=O) groups is 2. The molecule has 1 aliphatic heterocycles. The summed E-state index contributed by atoms with van der Waals surface area (Å²) in [5, 5.41) is 7.65. The number of hydrogen-bond donors (Lipinski definition) is 1. The van der Waals surface area contributed by atoms with Crippen LogP contribution >= 0.6 is 0 Å². The number of aryl methyl sites for hydroxylation is 1. The van der Waals surface area contributed by atoms with Gasteiger partial charge in [-0.1, -0.05) is 0 Å². The highest BCUT2D eigenvalue weighted by Gasteiger charge is 2.48. The van der Waals surface area contributed by atoms with Gasteiger partial charge in [0.25, 0.3) is 0 Å². The lowest BCUT2D eigenvalue weighted by Gasteiger charge is -2.44. The van der Waals surface area contributed by atoms with Crippen LogP contribution in [0, 0.1) is 18.2 Å². The van der Waals surface area contributed by atoms with E-state index in [1.54, 1.807) is 15.6 Å². The minimum Gasteiger partial charge on any atom is -0.460 e. The number of aromatic nitrogens is 3. The third-order valence-electron chi connectivity index (χ3n) is 6.65. The number of nitrogens with one attached hydrogen (secondary N) is 1. The SMILES string of the molecule is Cc1cc(Nc2nc(C[C@@]3(C(=O)OC(C)(C)C)CCN(C(=O)OC(C)(C)C)[C@H](C)C3)ccc2F)n(C(C)(C)C)n1. The minimum atomic E-state index is -0.947. The van der Waals surface area contributed by atoms with Crippen molar-refractivity contribution < 1.29 is 23.5 Å². The Morgan fingerprint density at radius 2 is 1.70 bits per heavy atom. The number of piperidine rings is 1. The molecule has 40 heavy (non-hydrogen) atoms. The fourth-order valence-corrected chi connectivity index (χ4v) is 4.97. The molecule has 3 heterocycles. The van der Waals surface area contributed by atoms with Crippen molar-refractivity contribution in [3.8, 4) is 0 Å². The summed E-state index contributed by atoms with van der Waals surface area (Å²) < 4.78 is 28.3. The Kier molecular flexibility index (Phi) is 8.63. The molecule has 0 aromatic carbocycles. The second-order valence-corrected chi connectivity index (χ2v) is 13.9. The molecule has 0 radical (unpaired) electrons. The van der Waals surface area contributed by atoms with Crippen LogP contribution in [0.25, 0.3) is 0 Å². The summed E-state index contributed by atoms with van der Waals surface area (Å²) in [4.78, 5) is 32.8. The first-order valence-corrected chi connectivity index (χ1v) is 13.9. The lowest BCUT2D eigenvalue weighted by atomic mass is 9.72. The van der Waals surface area contributed by atoms with E-state index in [0.29, 0.717) is 30.9 Å². The summed E-state index contributed by atoms with van der Waals surface area (Å²) in [6.45, 7) is 21.1. The maximum Gasteiger partial charge on any atom is 0.410 e. The van der Waals surface area contributed by atoms with Gasteiger partial charge in [0, 0.05) is 30.8 Å². The van der Waals surface area contributed by atoms with Gasteiger partial charge in [-0.3, -0.25) is 4.79 Å². The smallest absolute Gasteiger partial charge is 0.410 e. The van der Waals surface area contributed by atoms with Gasteiger partial charge in [0.2, 0.25) is 0 Å². The quantitative estimate of drug-likeness (QED) is 0.417. The lowest BCUT2D eigenvalue weighted by Crippen LogP contribution is -2.54. The average Bonchev–Trinajstić information content (AvgIpc) is 3.14. The topological polar surface area (TPSA) is 98.6 Å². The third kappa shape index (κ3) is 7.73. The van der Waals surface area contributed by atoms with E-state index in [4.69, 9.17) is 9.47 Å². The molecule has 2 aromatic rings. The minimum absolute atomic E-state index is 0.0569. The first-order chi connectivity index (χ1) is 18.2. The molecule has 0 bridgehead atoms. The number of hydrogen-bond acceptors (Lipinski definition) is 7. The Balaban J connectivity index is 1.93. The van der Waals surface area contributed by atoms with Gasteiger partial charge in [0.05, 0.1) is 16.6 Å². The molecule has 1 N–H and O–H groups in total. The van der Waals surface area contributed by atoms with Crippen molar-refractivity contribution >= 4 is 23.7 Å². The highest BCUT2D eigenvalue weighted by molar-refractivity contribution is 5.79. The van der Waals surface area contributed by atoms with E-state index in [-0.39, 0.29) is 29.8 Å². The molecule has 1 aliphatic rings. The molecule has 1 fully saturated rings. The molecule has 0 unspecified atom stereocenters. The van der Waals surface area contributed by atoms with E-state index in [9.17, 15) is 14.0 Å². The summed E-state index contributed by atoms with van der Waals surface area (Å²) in [7, 11) is 0. The third-order valence-corrected chi connectivity index (χ3v) is 6.65. The maximum atomic E-state index is 15.0. The van der Waals surface area contributed by atoms with Crippen molar-refractivity contribution in [2.45, 2.75) is 118 Å². The fraction of sp³-hybridized carbons (Fsp3) is 0.667. The Hall–Kier alpha value is -3.17. The molecule has 0 aliphatic carbocycles. The summed E-state index contributed by atoms with van der Waals surface area (Å²) in [5.74, 6) is -0.184. The van der Waals surface area contributed by atoms with Crippen molar-refractivity contribution in [3.63, 3.8) is 0 Å². The predicted molar refractivity (Wildman–Crippen MR) is 153 cm³/mol. The van der Waals surface area contributed by atoms with Gasteiger partial charge < -0.3 is 19.7 Å². The van der Waals surface area contributed by atoms with E-state index in [2.05, 4.69) is 15.4 Å². The highest BCUT2D eigenvalue weighted by Crippen LogP contribution is 2.41. The van der Waals surface area contributed by atoms with Crippen molar-refractivity contribution in [2.24, 2.45) is 5.41 Å². The van der Waals surface area contributed by atoms with E-state index in [0.717, 1.165) is 5.69 Å². The molecule has 9 nitrogen and oxygen atoms in total. The molecule has 1 saturated heterocycles. The van der Waals surface area contributed by atoms with Gasteiger partial charge in [-0.2, -0.15) is 5.10 Å². The van der Waals surface area contributed by atoms with Gasteiger partial charge in [-0.25, -0.2) is 18.9 Å². The zero-order chi connectivity index (χ0) is 30.3. The van der Waals surface area contributed by atoms with Crippen LogP contribution in [0.15, 0.2) is 18.2 Å². The van der Waals surface area contributed by atoms with Crippen molar-refractivity contribution in [3.05, 3.63) is 35.4 Å². The number of halogens is 1. The van der Waals surface area contributed by atoms with E-state index in [1.165, 1.54) is 6.07 Å². The number of likely N-dealkylation sites (tertiary alicyclic amines) is 1. The van der Waals surface area contributed by atoms with Crippen molar-refractivity contribution in [1.82, 2.24) is 19.7 Å². The summed E-state index contributed by atoms with van der Waals surface area (Å²) >= 11 is 0. The Morgan fingerprint density at radius 1 is 1.07 bits per heavy atom.